The number of ketones is 1. The van der Waals surface area contributed by atoms with Crippen molar-refractivity contribution in [3.8, 4) is 0 Å². The van der Waals surface area contributed by atoms with E-state index in [1.54, 1.807) is 12.1 Å². The molecule has 0 atom stereocenters. The Morgan fingerprint density at radius 2 is 2.06 bits per heavy atom. The van der Waals surface area contributed by atoms with Crippen LogP contribution < -0.4 is 5.73 Å². The number of carbonyl (C=O) groups excluding carboxylic acids is 1. The molecular formula is C14H17BrFNO. The SMILES string of the molecule is NC1(CC(=O)Cc2ccc(Br)cc2F)CCCC1. The number of benzene rings is 1. The second kappa shape index (κ2) is 5.49. The summed E-state index contributed by atoms with van der Waals surface area (Å²) < 4.78 is 14.3. The molecule has 1 aromatic rings. The Hall–Kier alpha value is -0.740. The molecule has 2 rings (SSSR count). The topological polar surface area (TPSA) is 43.1 Å². The zero-order valence-corrected chi connectivity index (χ0v) is 11.8. The van der Waals surface area contributed by atoms with Crippen LogP contribution in [0.3, 0.4) is 0 Å². The summed E-state index contributed by atoms with van der Waals surface area (Å²) in [5, 5.41) is 0. The minimum absolute atomic E-state index is 0.0284. The summed E-state index contributed by atoms with van der Waals surface area (Å²) in [6.07, 6.45) is 4.50. The molecular weight excluding hydrogens is 297 g/mol. The van der Waals surface area contributed by atoms with Crippen LogP contribution in [0.4, 0.5) is 4.39 Å². The molecule has 1 saturated carbocycles. The van der Waals surface area contributed by atoms with Gasteiger partial charge in [0.25, 0.3) is 0 Å². The van der Waals surface area contributed by atoms with Crippen LogP contribution in [0.25, 0.3) is 0 Å². The highest BCUT2D eigenvalue weighted by atomic mass is 79.9. The standard InChI is InChI=1S/C14H17BrFNO/c15-11-4-3-10(13(16)8-11)7-12(18)9-14(17)5-1-2-6-14/h3-4,8H,1-2,5-7,9,17H2. The van der Waals surface area contributed by atoms with Crippen molar-refractivity contribution in [2.45, 2.75) is 44.1 Å². The van der Waals surface area contributed by atoms with E-state index in [1.807, 2.05) is 0 Å². The van der Waals surface area contributed by atoms with Gasteiger partial charge in [-0.25, -0.2) is 4.39 Å². The van der Waals surface area contributed by atoms with Gasteiger partial charge >= 0.3 is 0 Å². The summed E-state index contributed by atoms with van der Waals surface area (Å²) in [6.45, 7) is 0. The molecule has 4 heteroatoms. The Kier molecular flexibility index (Phi) is 4.17. The van der Waals surface area contributed by atoms with Crippen molar-refractivity contribution in [3.05, 3.63) is 34.1 Å². The molecule has 1 fully saturated rings. The lowest BCUT2D eigenvalue weighted by Gasteiger charge is -2.22. The van der Waals surface area contributed by atoms with Gasteiger partial charge in [0.05, 0.1) is 0 Å². The molecule has 0 radical (unpaired) electrons. The molecule has 1 aromatic carbocycles. The highest BCUT2D eigenvalue weighted by Crippen LogP contribution is 2.30. The van der Waals surface area contributed by atoms with Crippen LogP contribution in [-0.4, -0.2) is 11.3 Å². The van der Waals surface area contributed by atoms with Crippen molar-refractivity contribution in [2.75, 3.05) is 0 Å². The molecule has 0 spiro atoms. The molecule has 98 valence electrons. The molecule has 1 aliphatic rings. The van der Waals surface area contributed by atoms with E-state index in [0.29, 0.717) is 16.5 Å². The number of hydrogen-bond acceptors (Lipinski definition) is 2. The number of carbonyl (C=O) groups is 1. The first-order valence-corrected chi connectivity index (χ1v) is 7.02. The maximum absolute atomic E-state index is 13.6. The summed E-state index contributed by atoms with van der Waals surface area (Å²) in [6, 6.07) is 4.78. The Bertz CT molecular complexity index is 455. The van der Waals surface area contributed by atoms with Crippen molar-refractivity contribution < 1.29 is 9.18 Å². The third-order valence-electron chi connectivity index (χ3n) is 3.55. The van der Waals surface area contributed by atoms with E-state index in [4.69, 9.17) is 5.73 Å². The van der Waals surface area contributed by atoms with Crippen LogP contribution >= 0.6 is 15.9 Å². The number of halogens is 2. The lowest BCUT2D eigenvalue weighted by Crippen LogP contribution is -2.39. The Morgan fingerprint density at radius 1 is 1.39 bits per heavy atom. The Labute approximate surface area is 115 Å². The monoisotopic (exact) mass is 313 g/mol. The first kappa shape index (κ1) is 13.7. The minimum atomic E-state index is -0.344. The number of Topliss-reactive ketones (excluding diaryl/α,β-unsaturated/α-hetero) is 1. The predicted octanol–water partition coefficient (Wildman–Crippen LogP) is 3.36. The van der Waals surface area contributed by atoms with Crippen molar-refractivity contribution in [3.63, 3.8) is 0 Å². The third kappa shape index (κ3) is 3.39. The number of nitrogens with two attached hydrogens (primary N) is 1. The molecule has 18 heavy (non-hydrogen) atoms. The van der Waals surface area contributed by atoms with Crippen molar-refractivity contribution in [2.24, 2.45) is 5.73 Å². The van der Waals surface area contributed by atoms with Crippen LogP contribution in [0.15, 0.2) is 22.7 Å². The first-order valence-electron chi connectivity index (χ1n) is 6.23. The van der Waals surface area contributed by atoms with Crippen LogP contribution in [0.2, 0.25) is 0 Å². The quantitative estimate of drug-likeness (QED) is 0.926. The maximum Gasteiger partial charge on any atom is 0.139 e. The highest BCUT2D eigenvalue weighted by molar-refractivity contribution is 9.10. The van der Waals surface area contributed by atoms with Crippen LogP contribution in [-0.2, 0) is 11.2 Å². The molecule has 2 nitrogen and oxygen atoms in total. The number of hydrogen-bond donors (Lipinski definition) is 1. The highest BCUT2D eigenvalue weighted by Gasteiger charge is 2.31. The molecule has 0 saturated heterocycles. The van der Waals surface area contributed by atoms with Crippen LogP contribution in [0, 0.1) is 5.82 Å². The molecule has 0 unspecified atom stereocenters. The maximum atomic E-state index is 13.6. The summed E-state index contributed by atoms with van der Waals surface area (Å²) in [4.78, 5) is 12.0. The van der Waals surface area contributed by atoms with E-state index in [1.165, 1.54) is 6.07 Å². The summed E-state index contributed by atoms with van der Waals surface area (Å²) in [5.74, 6) is -0.309. The molecule has 1 aliphatic carbocycles. The van der Waals surface area contributed by atoms with E-state index in [9.17, 15) is 9.18 Å². The van der Waals surface area contributed by atoms with Gasteiger partial charge in [-0.05, 0) is 30.5 Å². The average molecular weight is 314 g/mol. The Balaban J connectivity index is 1.98. The second-order valence-electron chi connectivity index (χ2n) is 5.20. The van der Waals surface area contributed by atoms with Crippen molar-refractivity contribution in [1.29, 1.82) is 0 Å². The zero-order valence-electron chi connectivity index (χ0n) is 10.2. The van der Waals surface area contributed by atoms with Crippen molar-refractivity contribution in [1.82, 2.24) is 0 Å². The fraction of sp³-hybridized carbons (Fsp3) is 0.500. The summed E-state index contributed by atoms with van der Waals surface area (Å²) in [7, 11) is 0. The predicted molar refractivity (Wildman–Crippen MR) is 72.8 cm³/mol. The van der Waals surface area contributed by atoms with Gasteiger partial charge in [-0.15, -0.1) is 0 Å². The van der Waals surface area contributed by atoms with Gasteiger partial charge in [-0.2, -0.15) is 0 Å². The largest absolute Gasteiger partial charge is 0.325 e. The average Bonchev–Trinajstić information content (AvgIpc) is 2.69. The smallest absolute Gasteiger partial charge is 0.139 e. The van der Waals surface area contributed by atoms with Gasteiger partial charge in [0.1, 0.15) is 11.6 Å². The van der Waals surface area contributed by atoms with Gasteiger partial charge in [0.2, 0.25) is 0 Å². The molecule has 2 N–H and O–H groups in total. The van der Waals surface area contributed by atoms with Crippen LogP contribution in [0.1, 0.15) is 37.7 Å². The van der Waals surface area contributed by atoms with Gasteiger partial charge in [0, 0.05) is 22.9 Å². The fourth-order valence-electron chi connectivity index (χ4n) is 2.59. The summed E-state index contributed by atoms with van der Waals surface area (Å²) >= 11 is 3.20. The molecule has 0 aliphatic heterocycles. The molecule has 0 amide bonds. The van der Waals surface area contributed by atoms with E-state index in [-0.39, 0.29) is 23.6 Å². The van der Waals surface area contributed by atoms with E-state index >= 15 is 0 Å². The lowest BCUT2D eigenvalue weighted by molar-refractivity contribution is -0.119. The Morgan fingerprint density at radius 3 is 2.67 bits per heavy atom. The normalized spacial score (nSPS) is 17.9. The number of rotatable bonds is 4. The minimum Gasteiger partial charge on any atom is -0.325 e. The van der Waals surface area contributed by atoms with E-state index in [2.05, 4.69) is 15.9 Å². The van der Waals surface area contributed by atoms with Crippen LogP contribution in [0.5, 0.6) is 0 Å². The lowest BCUT2D eigenvalue weighted by atomic mass is 9.90. The van der Waals surface area contributed by atoms with Crippen molar-refractivity contribution >= 4 is 21.7 Å². The second-order valence-corrected chi connectivity index (χ2v) is 6.11. The van der Waals surface area contributed by atoms with Gasteiger partial charge in [0.15, 0.2) is 0 Å². The zero-order chi connectivity index (χ0) is 13.2. The summed E-state index contributed by atoms with van der Waals surface area (Å²) in [5.41, 5.74) is 6.26. The van der Waals surface area contributed by atoms with Gasteiger partial charge < -0.3 is 5.73 Å². The van der Waals surface area contributed by atoms with Gasteiger partial charge in [-0.3, -0.25) is 4.79 Å². The molecule has 0 aromatic heterocycles. The van der Waals surface area contributed by atoms with Gasteiger partial charge in [-0.1, -0.05) is 34.8 Å². The fourth-order valence-corrected chi connectivity index (χ4v) is 2.92. The van der Waals surface area contributed by atoms with E-state index < -0.39 is 0 Å². The molecule has 0 bridgehead atoms. The third-order valence-corrected chi connectivity index (χ3v) is 4.04. The first-order chi connectivity index (χ1) is 8.48. The molecule has 0 heterocycles. The van der Waals surface area contributed by atoms with E-state index in [0.717, 1.165) is 25.7 Å².